The molecule has 4 rings (SSSR count). The number of hydrogen-bond acceptors (Lipinski definition) is 4. The molecule has 0 saturated carbocycles. The maximum atomic E-state index is 8.65. The molecule has 0 aliphatic carbocycles. The van der Waals surface area contributed by atoms with Crippen LogP contribution in [0.15, 0.2) is 22.9 Å². The van der Waals surface area contributed by atoms with Crippen molar-refractivity contribution < 1.29 is 0 Å². The quantitative estimate of drug-likeness (QED) is 0.266. The minimum atomic E-state index is -0.571. The van der Waals surface area contributed by atoms with Gasteiger partial charge in [0, 0.05) is 42.6 Å². The van der Waals surface area contributed by atoms with E-state index in [0.717, 1.165) is 40.7 Å². The number of amidine groups is 3. The highest BCUT2D eigenvalue weighted by Crippen LogP contribution is 2.70. The lowest BCUT2D eigenvalue weighted by Crippen LogP contribution is -2.28. The summed E-state index contributed by atoms with van der Waals surface area (Å²) in [6.45, 7) is 2.90. The third-order valence-corrected chi connectivity index (χ3v) is 10.9. The van der Waals surface area contributed by atoms with Gasteiger partial charge in [-0.25, -0.2) is 4.99 Å². The fraction of sp³-hybridized carbons (Fsp3) is 0.357. The van der Waals surface area contributed by atoms with E-state index in [9.17, 15) is 0 Å². The summed E-state index contributed by atoms with van der Waals surface area (Å²) in [4.78, 5) is 7.91. The maximum absolute atomic E-state index is 8.65. The van der Waals surface area contributed by atoms with Gasteiger partial charge in [0.2, 0.25) is 0 Å². The highest BCUT2D eigenvalue weighted by Gasteiger charge is 2.75. The van der Waals surface area contributed by atoms with Crippen molar-refractivity contribution in [3.63, 3.8) is 0 Å². The van der Waals surface area contributed by atoms with Crippen LogP contribution in [0, 0.1) is 10.8 Å². The molecule has 1 spiro atoms. The Hall–Kier alpha value is 0.1000. The monoisotopic (exact) mass is 597 g/mol. The summed E-state index contributed by atoms with van der Waals surface area (Å²) in [5.41, 5.74) is 1.91. The van der Waals surface area contributed by atoms with Crippen molar-refractivity contribution in [2.45, 2.75) is 17.8 Å². The number of thioether (sulfide) groups is 1. The second-order valence-corrected chi connectivity index (χ2v) is 10.1. The van der Waals surface area contributed by atoms with E-state index in [1.807, 2.05) is 16.8 Å². The number of nitrogens with zero attached hydrogens (tertiary/aromatic N) is 3. The van der Waals surface area contributed by atoms with Crippen molar-refractivity contribution in [3.8, 4) is 0 Å². The van der Waals surface area contributed by atoms with Crippen LogP contribution in [0.5, 0.6) is 0 Å². The zero-order valence-electron chi connectivity index (χ0n) is 12.5. The fourth-order valence-corrected chi connectivity index (χ4v) is 7.16. The summed E-state index contributed by atoms with van der Waals surface area (Å²) in [6.07, 6.45) is 0. The summed E-state index contributed by atoms with van der Waals surface area (Å²) in [5, 5.41) is 17.9. The minimum Gasteiger partial charge on any atom is -0.354 e. The molecule has 2 unspecified atom stereocenters. The van der Waals surface area contributed by atoms with Gasteiger partial charge in [-0.1, -0.05) is 0 Å². The third-order valence-electron chi connectivity index (χ3n) is 4.57. The van der Waals surface area contributed by atoms with Crippen molar-refractivity contribution in [3.05, 3.63) is 29.0 Å². The first kappa shape index (κ1) is 17.5. The molecule has 3 aliphatic rings. The molecule has 1 saturated heterocycles. The van der Waals surface area contributed by atoms with Crippen LogP contribution in [0.4, 0.5) is 0 Å². The van der Waals surface area contributed by atoms with E-state index in [-0.39, 0.29) is 6.04 Å². The minimum absolute atomic E-state index is 0.0425. The molecule has 5 nitrogen and oxygen atoms in total. The van der Waals surface area contributed by atoms with Gasteiger partial charge in [0.1, 0.15) is 11.9 Å². The van der Waals surface area contributed by atoms with Crippen molar-refractivity contribution in [2.75, 3.05) is 13.6 Å². The number of aliphatic imine (C=N–C) groups is 1. The molecule has 0 aromatic heterocycles. The van der Waals surface area contributed by atoms with Gasteiger partial charge in [-0.05, 0) is 82.4 Å². The number of hydrogen-bond donors (Lipinski definition) is 2. The van der Waals surface area contributed by atoms with Gasteiger partial charge in [0.05, 0.1) is 0 Å². The predicted molar refractivity (Wildman–Crippen MR) is 112 cm³/mol. The molecular formula is C14H11Br4N5S. The highest BCUT2D eigenvalue weighted by atomic mass is 79.9. The smallest absolute Gasteiger partial charge is 0.180 e. The van der Waals surface area contributed by atoms with E-state index in [1.165, 1.54) is 0 Å². The largest absolute Gasteiger partial charge is 0.354 e. The highest BCUT2D eigenvalue weighted by molar-refractivity contribution is 9.15. The molecule has 126 valence electrons. The normalized spacial score (nSPS) is 26.8. The van der Waals surface area contributed by atoms with E-state index in [2.05, 4.69) is 75.6 Å². The van der Waals surface area contributed by atoms with E-state index in [0.29, 0.717) is 11.7 Å². The number of benzene rings is 1. The maximum Gasteiger partial charge on any atom is 0.180 e. The first-order chi connectivity index (χ1) is 11.3. The van der Waals surface area contributed by atoms with Crippen LogP contribution in [-0.2, 0) is 0 Å². The molecule has 3 aliphatic heterocycles. The number of halogens is 4. The van der Waals surface area contributed by atoms with Gasteiger partial charge < -0.3 is 9.80 Å². The molecule has 1 fully saturated rings. The first-order valence-electron chi connectivity index (χ1n) is 7.09. The van der Waals surface area contributed by atoms with Crippen LogP contribution in [-0.4, -0.2) is 45.1 Å². The fourth-order valence-electron chi connectivity index (χ4n) is 3.18. The van der Waals surface area contributed by atoms with Crippen LogP contribution in [0.3, 0.4) is 0 Å². The van der Waals surface area contributed by atoms with Gasteiger partial charge >= 0.3 is 0 Å². The standard InChI is InChI=1S/C14H11Br4N5S/c1-3-22(2)13-21-12(20)14(24-13)10-4-5(11(19)23(10)14)7(16)9(18)8(17)6(4)15/h10,19-20H,3H2,1-2H3. The molecule has 0 radical (unpaired) electrons. The van der Waals surface area contributed by atoms with Crippen molar-refractivity contribution in [1.29, 1.82) is 10.8 Å². The molecular weight excluding hydrogens is 590 g/mol. The second kappa shape index (κ2) is 5.55. The van der Waals surface area contributed by atoms with Crippen molar-refractivity contribution in [2.24, 2.45) is 4.99 Å². The zero-order valence-corrected chi connectivity index (χ0v) is 19.7. The molecule has 1 aromatic carbocycles. The Morgan fingerprint density at radius 3 is 2.42 bits per heavy atom. The van der Waals surface area contributed by atoms with Gasteiger partial charge in [-0.15, -0.1) is 0 Å². The average molecular weight is 601 g/mol. The number of fused-ring (bicyclic) bond motifs is 5. The van der Waals surface area contributed by atoms with Crippen LogP contribution in [0.25, 0.3) is 0 Å². The SMILES string of the molecule is CCN(C)C1=NC(=N)C2(S1)C1c3c(Br)c(Br)c(Br)c(Br)c3C(=N)N12. The summed E-state index contributed by atoms with van der Waals surface area (Å²) >= 11 is 16.0. The predicted octanol–water partition coefficient (Wildman–Crippen LogP) is 5.16. The summed E-state index contributed by atoms with van der Waals surface area (Å²) in [7, 11) is 1.98. The molecule has 10 heteroatoms. The number of nitrogens with one attached hydrogen (secondary N) is 2. The summed E-state index contributed by atoms with van der Waals surface area (Å²) < 4.78 is 3.58. The van der Waals surface area contributed by atoms with Crippen molar-refractivity contribution >= 4 is 92.3 Å². The lowest BCUT2D eigenvalue weighted by atomic mass is 10.0. The van der Waals surface area contributed by atoms with Crippen LogP contribution in [0.2, 0.25) is 0 Å². The van der Waals surface area contributed by atoms with E-state index in [4.69, 9.17) is 10.8 Å². The Balaban J connectivity index is 1.83. The van der Waals surface area contributed by atoms with Crippen molar-refractivity contribution in [1.82, 2.24) is 9.80 Å². The third kappa shape index (κ3) is 1.95. The first-order valence-corrected chi connectivity index (χ1v) is 11.1. The average Bonchev–Trinajstić information content (AvgIpc) is 2.93. The molecule has 0 bridgehead atoms. The van der Waals surface area contributed by atoms with Gasteiger partial charge in [0.25, 0.3) is 0 Å². The van der Waals surface area contributed by atoms with E-state index < -0.39 is 4.87 Å². The Bertz CT molecular complexity index is 869. The number of rotatable bonds is 1. The molecule has 24 heavy (non-hydrogen) atoms. The second-order valence-electron chi connectivity index (χ2n) is 5.72. The lowest BCUT2D eigenvalue weighted by molar-refractivity contribution is 0.547. The zero-order chi connectivity index (χ0) is 17.5. The van der Waals surface area contributed by atoms with Crippen LogP contribution < -0.4 is 0 Å². The Morgan fingerprint density at radius 1 is 1.17 bits per heavy atom. The van der Waals surface area contributed by atoms with Gasteiger partial charge in [-0.2, -0.15) is 0 Å². The topological polar surface area (TPSA) is 66.3 Å². The van der Waals surface area contributed by atoms with Gasteiger partial charge in [-0.3, -0.25) is 10.8 Å². The molecule has 3 heterocycles. The van der Waals surface area contributed by atoms with Gasteiger partial charge in [0.15, 0.2) is 15.9 Å². The Kier molecular flexibility index (Phi) is 4.05. The molecule has 0 amide bonds. The summed E-state index contributed by atoms with van der Waals surface area (Å²) in [6, 6.07) is -0.0425. The van der Waals surface area contributed by atoms with E-state index >= 15 is 0 Å². The molecule has 2 N–H and O–H groups in total. The molecule has 1 aromatic rings. The lowest BCUT2D eigenvalue weighted by Gasteiger charge is -2.19. The molecule has 2 atom stereocenters. The van der Waals surface area contributed by atoms with Crippen LogP contribution in [0.1, 0.15) is 24.1 Å². The Labute approximate surface area is 177 Å². The Morgan fingerprint density at radius 2 is 1.79 bits per heavy atom. The van der Waals surface area contributed by atoms with E-state index in [1.54, 1.807) is 11.8 Å². The summed E-state index contributed by atoms with van der Waals surface area (Å²) in [5.74, 6) is 0.758. The van der Waals surface area contributed by atoms with Crippen LogP contribution >= 0.6 is 75.5 Å².